The third-order valence-corrected chi connectivity index (χ3v) is 2.51. The number of allylic oxidation sites excluding steroid dienone is 1. The SMILES string of the molecule is C=CCn1nnc(C#N)c1-c1ccc(Cl)cc1. The van der Waals surface area contributed by atoms with Gasteiger partial charge in [0.15, 0.2) is 5.69 Å². The van der Waals surface area contributed by atoms with Gasteiger partial charge in [0.2, 0.25) is 0 Å². The molecular formula is C12H9ClN4. The van der Waals surface area contributed by atoms with E-state index in [1.54, 1.807) is 22.9 Å². The molecule has 1 aromatic heterocycles. The first kappa shape index (κ1) is 11.4. The lowest BCUT2D eigenvalue weighted by Gasteiger charge is -2.04. The van der Waals surface area contributed by atoms with Gasteiger partial charge in [0.25, 0.3) is 0 Å². The molecule has 17 heavy (non-hydrogen) atoms. The number of rotatable bonds is 3. The van der Waals surface area contributed by atoms with Crippen LogP contribution in [0.15, 0.2) is 36.9 Å². The van der Waals surface area contributed by atoms with Crippen LogP contribution >= 0.6 is 11.6 Å². The zero-order valence-corrected chi connectivity index (χ0v) is 9.72. The molecule has 1 heterocycles. The Balaban J connectivity index is 2.56. The fourth-order valence-electron chi connectivity index (χ4n) is 1.53. The van der Waals surface area contributed by atoms with E-state index < -0.39 is 0 Å². The van der Waals surface area contributed by atoms with Gasteiger partial charge in [-0.25, -0.2) is 4.68 Å². The average molecular weight is 245 g/mol. The molecule has 0 unspecified atom stereocenters. The minimum absolute atomic E-state index is 0.300. The molecule has 84 valence electrons. The summed E-state index contributed by atoms with van der Waals surface area (Å²) < 4.78 is 1.63. The third kappa shape index (κ3) is 2.19. The largest absolute Gasteiger partial charge is 0.239 e. The van der Waals surface area contributed by atoms with Gasteiger partial charge in [-0.3, -0.25) is 0 Å². The lowest BCUT2D eigenvalue weighted by molar-refractivity contribution is 0.668. The molecule has 0 spiro atoms. The molecule has 2 rings (SSSR count). The highest BCUT2D eigenvalue weighted by atomic mass is 35.5. The van der Waals surface area contributed by atoms with Crippen molar-refractivity contribution >= 4 is 11.6 Å². The van der Waals surface area contributed by atoms with Crippen LogP contribution in [0.1, 0.15) is 5.69 Å². The molecule has 0 aliphatic rings. The Bertz CT molecular complexity index is 578. The highest BCUT2D eigenvalue weighted by Crippen LogP contribution is 2.23. The average Bonchev–Trinajstić information content (AvgIpc) is 2.74. The molecule has 0 saturated carbocycles. The van der Waals surface area contributed by atoms with Gasteiger partial charge < -0.3 is 0 Å². The van der Waals surface area contributed by atoms with Crippen LogP contribution in [-0.4, -0.2) is 15.0 Å². The Morgan fingerprint density at radius 1 is 1.41 bits per heavy atom. The Morgan fingerprint density at radius 2 is 2.12 bits per heavy atom. The van der Waals surface area contributed by atoms with Gasteiger partial charge in [-0.1, -0.05) is 35.0 Å². The first-order chi connectivity index (χ1) is 8.26. The van der Waals surface area contributed by atoms with E-state index in [4.69, 9.17) is 16.9 Å². The maximum absolute atomic E-state index is 9.00. The first-order valence-electron chi connectivity index (χ1n) is 4.96. The highest BCUT2D eigenvalue weighted by Gasteiger charge is 2.13. The van der Waals surface area contributed by atoms with E-state index in [2.05, 4.69) is 16.9 Å². The molecule has 0 bridgehead atoms. The molecule has 0 fully saturated rings. The molecule has 0 N–H and O–H groups in total. The highest BCUT2D eigenvalue weighted by molar-refractivity contribution is 6.30. The monoisotopic (exact) mass is 244 g/mol. The standard InChI is InChI=1S/C12H9ClN4/c1-2-7-17-12(11(8-14)15-16-17)9-3-5-10(13)6-4-9/h2-6H,1,7H2. The summed E-state index contributed by atoms with van der Waals surface area (Å²) in [5.41, 5.74) is 1.84. The Morgan fingerprint density at radius 3 is 2.71 bits per heavy atom. The summed E-state index contributed by atoms with van der Waals surface area (Å²) in [4.78, 5) is 0. The van der Waals surface area contributed by atoms with E-state index in [-0.39, 0.29) is 0 Å². The minimum atomic E-state index is 0.300. The summed E-state index contributed by atoms with van der Waals surface area (Å²) in [6.07, 6.45) is 1.70. The topological polar surface area (TPSA) is 54.5 Å². The van der Waals surface area contributed by atoms with Crippen molar-refractivity contribution in [2.24, 2.45) is 0 Å². The van der Waals surface area contributed by atoms with Gasteiger partial charge in [-0.05, 0) is 12.1 Å². The number of hydrogen-bond donors (Lipinski definition) is 0. The Kier molecular flexibility index (Phi) is 3.22. The predicted octanol–water partition coefficient (Wildman–Crippen LogP) is 2.66. The van der Waals surface area contributed by atoms with E-state index >= 15 is 0 Å². The van der Waals surface area contributed by atoms with Crippen molar-refractivity contribution in [3.63, 3.8) is 0 Å². The van der Waals surface area contributed by atoms with Crippen molar-refractivity contribution in [2.75, 3.05) is 0 Å². The van der Waals surface area contributed by atoms with Crippen LogP contribution in [0.2, 0.25) is 5.02 Å². The minimum Gasteiger partial charge on any atom is -0.239 e. The van der Waals surface area contributed by atoms with Crippen LogP contribution in [0.3, 0.4) is 0 Å². The molecule has 0 amide bonds. The Labute approximate surface area is 104 Å². The van der Waals surface area contributed by atoms with Crippen LogP contribution < -0.4 is 0 Å². The smallest absolute Gasteiger partial charge is 0.190 e. The van der Waals surface area contributed by atoms with E-state index in [0.29, 0.717) is 23.0 Å². The van der Waals surface area contributed by atoms with Crippen molar-refractivity contribution in [1.29, 1.82) is 5.26 Å². The summed E-state index contributed by atoms with van der Waals surface area (Å²) in [7, 11) is 0. The lowest BCUT2D eigenvalue weighted by Crippen LogP contribution is -2.00. The summed E-state index contributed by atoms with van der Waals surface area (Å²) in [5, 5.41) is 17.4. The molecule has 4 nitrogen and oxygen atoms in total. The first-order valence-corrected chi connectivity index (χ1v) is 5.34. The zero-order valence-electron chi connectivity index (χ0n) is 8.97. The second kappa shape index (κ2) is 4.81. The number of halogens is 1. The number of benzene rings is 1. The van der Waals surface area contributed by atoms with E-state index in [0.717, 1.165) is 5.56 Å². The number of hydrogen-bond acceptors (Lipinski definition) is 3. The molecule has 0 aliphatic carbocycles. The fourth-order valence-corrected chi connectivity index (χ4v) is 1.66. The summed E-state index contributed by atoms with van der Waals surface area (Å²) in [6, 6.07) is 9.23. The van der Waals surface area contributed by atoms with Crippen molar-refractivity contribution < 1.29 is 0 Å². The van der Waals surface area contributed by atoms with Crippen molar-refractivity contribution in [3.8, 4) is 17.3 Å². The molecule has 0 aliphatic heterocycles. The number of nitriles is 1. The van der Waals surface area contributed by atoms with Crippen LogP contribution in [-0.2, 0) is 6.54 Å². The van der Waals surface area contributed by atoms with E-state index in [1.807, 2.05) is 18.2 Å². The molecule has 0 saturated heterocycles. The fraction of sp³-hybridized carbons (Fsp3) is 0.0833. The molecule has 5 heteroatoms. The normalized spacial score (nSPS) is 9.88. The molecule has 0 radical (unpaired) electrons. The zero-order chi connectivity index (χ0) is 12.3. The van der Waals surface area contributed by atoms with Gasteiger partial charge >= 0.3 is 0 Å². The van der Waals surface area contributed by atoms with Gasteiger partial charge in [-0.2, -0.15) is 5.26 Å². The van der Waals surface area contributed by atoms with Gasteiger partial charge in [-0.15, -0.1) is 11.7 Å². The third-order valence-electron chi connectivity index (χ3n) is 2.26. The second-order valence-corrected chi connectivity index (χ2v) is 3.81. The molecular weight excluding hydrogens is 236 g/mol. The predicted molar refractivity (Wildman–Crippen MR) is 65.4 cm³/mol. The maximum Gasteiger partial charge on any atom is 0.190 e. The van der Waals surface area contributed by atoms with E-state index in [1.165, 1.54) is 0 Å². The second-order valence-electron chi connectivity index (χ2n) is 3.38. The summed E-state index contributed by atoms with van der Waals surface area (Å²) >= 11 is 5.83. The van der Waals surface area contributed by atoms with Gasteiger partial charge in [0.05, 0.1) is 6.54 Å². The van der Waals surface area contributed by atoms with E-state index in [9.17, 15) is 0 Å². The van der Waals surface area contributed by atoms with Crippen LogP contribution in [0.25, 0.3) is 11.3 Å². The van der Waals surface area contributed by atoms with Crippen LogP contribution in [0, 0.1) is 11.3 Å². The van der Waals surface area contributed by atoms with Crippen molar-refractivity contribution in [2.45, 2.75) is 6.54 Å². The van der Waals surface area contributed by atoms with Crippen molar-refractivity contribution in [1.82, 2.24) is 15.0 Å². The molecule has 2 aromatic rings. The van der Waals surface area contributed by atoms with Gasteiger partial charge in [0, 0.05) is 10.6 Å². The van der Waals surface area contributed by atoms with Crippen molar-refractivity contribution in [3.05, 3.63) is 47.6 Å². The number of nitrogens with zero attached hydrogens (tertiary/aromatic N) is 4. The molecule has 1 aromatic carbocycles. The lowest BCUT2D eigenvalue weighted by atomic mass is 10.1. The quantitative estimate of drug-likeness (QED) is 0.780. The summed E-state index contributed by atoms with van der Waals surface area (Å²) in [6.45, 7) is 4.15. The van der Waals surface area contributed by atoms with Crippen LogP contribution in [0.5, 0.6) is 0 Å². The Hall–Kier alpha value is -2.12. The maximum atomic E-state index is 9.00. The van der Waals surface area contributed by atoms with Gasteiger partial charge in [0.1, 0.15) is 11.8 Å². The summed E-state index contributed by atoms with van der Waals surface area (Å²) in [5.74, 6) is 0. The van der Waals surface area contributed by atoms with Crippen LogP contribution in [0.4, 0.5) is 0 Å². The molecule has 0 atom stereocenters. The number of aromatic nitrogens is 3.